The van der Waals surface area contributed by atoms with Crippen molar-refractivity contribution in [3.05, 3.63) is 58.6 Å². The average molecular weight is 506 g/mol. The van der Waals surface area contributed by atoms with Gasteiger partial charge in [0.15, 0.2) is 0 Å². The Kier molecular flexibility index (Phi) is 7.44. The van der Waals surface area contributed by atoms with E-state index >= 15 is 0 Å². The Labute approximate surface area is 207 Å². The van der Waals surface area contributed by atoms with Crippen LogP contribution in [0.3, 0.4) is 0 Å². The number of hydrogen-bond donors (Lipinski definition) is 1. The van der Waals surface area contributed by atoms with Crippen molar-refractivity contribution >= 4 is 95.3 Å². The van der Waals surface area contributed by atoms with Gasteiger partial charge < -0.3 is 14.8 Å². The fraction of sp³-hybridized carbons (Fsp3) is 0.0556. The van der Waals surface area contributed by atoms with Gasteiger partial charge in [0.05, 0.1) is 16.1 Å². The largest absolute Gasteiger partial charge is 0.871 e. The smallest absolute Gasteiger partial charge is 0.335 e. The monoisotopic (exact) mass is 506 g/mol. The Morgan fingerprint density at radius 1 is 1.07 bits per heavy atom. The average Bonchev–Trinajstić information content (AvgIpc) is 2.62. The Morgan fingerprint density at radius 3 is 2.24 bits per heavy atom. The molecule has 0 unspecified atom stereocenters. The molecule has 0 aliphatic heterocycles. The molecular weight excluding hydrogens is 495 g/mol. The molecule has 0 bridgehead atoms. The summed E-state index contributed by atoms with van der Waals surface area (Å²) in [5.41, 5.74) is -0.410. The van der Waals surface area contributed by atoms with E-state index in [1.165, 1.54) is 19.1 Å². The second-order valence-corrected chi connectivity index (χ2v) is 7.60. The maximum atomic E-state index is 12.3. The molecule has 146 valence electrons. The number of carbonyl (C=O) groups is 1. The SMILES string of the molecule is Cc1cc(S(=O)(=O)[O-])c(N=Nc2cc(C(=O)O)c([O-])c3ccccc23)cc1Cl.[Sr]. The molecule has 3 rings (SSSR count). The molecule has 0 spiro atoms. The van der Waals surface area contributed by atoms with Gasteiger partial charge in [-0.05, 0) is 36.1 Å². The van der Waals surface area contributed by atoms with Crippen LogP contribution in [0.1, 0.15) is 15.9 Å². The predicted octanol–water partition coefficient (Wildman–Crippen LogP) is 3.51. The van der Waals surface area contributed by atoms with Gasteiger partial charge in [0.1, 0.15) is 15.8 Å². The second kappa shape index (κ2) is 9.09. The van der Waals surface area contributed by atoms with Crippen LogP contribution in [0, 0.1) is 6.92 Å². The van der Waals surface area contributed by atoms with E-state index in [0.717, 1.165) is 12.1 Å². The van der Waals surface area contributed by atoms with Crippen LogP contribution < -0.4 is 5.11 Å². The summed E-state index contributed by atoms with van der Waals surface area (Å²) in [4.78, 5) is 10.7. The fourth-order valence-corrected chi connectivity index (χ4v) is 3.44. The summed E-state index contributed by atoms with van der Waals surface area (Å²) in [5, 5.41) is 29.8. The van der Waals surface area contributed by atoms with Gasteiger partial charge in [-0.15, -0.1) is 10.2 Å². The number of carboxylic acid groups (broad SMARTS) is 1. The van der Waals surface area contributed by atoms with Crippen LogP contribution in [0.2, 0.25) is 5.02 Å². The number of carboxylic acids is 1. The van der Waals surface area contributed by atoms with Gasteiger partial charge in [-0.2, -0.15) is 0 Å². The maximum absolute atomic E-state index is 12.3. The number of fused-ring (bicyclic) bond motifs is 1. The summed E-state index contributed by atoms with van der Waals surface area (Å²) in [6.45, 7) is 1.53. The standard InChI is InChI=1S/C18H13ClN2O6S.Sr/c1-9-6-16(28(25,26)27)15(8-13(9)19)21-20-14-7-12(18(23)24)17(22)11-5-3-2-4-10(11)14;/h2-8,22H,1H3,(H,23,24)(H,25,26,27);/p-2. The van der Waals surface area contributed by atoms with Gasteiger partial charge in [-0.3, -0.25) is 0 Å². The van der Waals surface area contributed by atoms with Crippen molar-refractivity contribution in [2.45, 2.75) is 11.8 Å². The van der Waals surface area contributed by atoms with Crippen molar-refractivity contribution < 1.29 is 28.0 Å². The van der Waals surface area contributed by atoms with Crippen LogP contribution in [0.5, 0.6) is 5.75 Å². The minimum atomic E-state index is -4.85. The van der Waals surface area contributed by atoms with Crippen molar-refractivity contribution in [2.75, 3.05) is 0 Å². The minimum Gasteiger partial charge on any atom is -0.871 e. The Balaban J connectivity index is 0.00000300. The molecule has 0 aliphatic carbocycles. The first-order valence-corrected chi connectivity index (χ1v) is 9.52. The Morgan fingerprint density at radius 2 is 1.66 bits per heavy atom. The first-order chi connectivity index (χ1) is 13.1. The maximum Gasteiger partial charge on any atom is 0.335 e. The van der Waals surface area contributed by atoms with Gasteiger partial charge in [0, 0.05) is 55.9 Å². The van der Waals surface area contributed by atoms with Crippen molar-refractivity contribution in [1.82, 2.24) is 0 Å². The zero-order valence-electron chi connectivity index (χ0n) is 14.9. The molecule has 3 aromatic rings. The third-order valence-electron chi connectivity index (χ3n) is 3.98. The molecule has 0 saturated heterocycles. The molecule has 0 aromatic heterocycles. The number of nitrogens with zero attached hydrogens (tertiary/aromatic N) is 2. The molecule has 0 fully saturated rings. The van der Waals surface area contributed by atoms with Crippen molar-refractivity contribution in [3.63, 3.8) is 0 Å². The zero-order chi connectivity index (χ0) is 20.6. The van der Waals surface area contributed by atoms with E-state index in [-0.39, 0.29) is 67.3 Å². The van der Waals surface area contributed by atoms with Crippen molar-refractivity contribution in [3.8, 4) is 5.75 Å². The number of benzene rings is 3. The van der Waals surface area contributed by atoms with E-state index in [4.69, 9.17) is 11.6 Å². The molecule has 0 aliphatic rings. The van der Waals surface area contributed by atoms with Crippen LogP contribution in [-0.2, 0) is 10.1 Å². The van der Waals surface area contributed by atoms with Gasteiger partial charge >= 0.3 is 5.97 Å². The van der Waals surface area contributed by atoms with Crippen LogP contribution in [0.15, 0.2) is 57.6 Å². The first-order valence-electron chi connectivity index (χ1n) is 7.73. The number of aryl methyl sites for hydroxylation is 1. The summed E-state index contributed by atoms with van der Waals surface area (Å²) in [5.74, 6) is -2.11. The second-order valence-electron chi connectivity index (χ2n) is 5.85. The molecule has 29 heavy (non-hydrogen) atoms. The van der Waals surface area contributed by atoms with Gasteiger partial charge in [-0.1, -0.05) is 41.6 Å². The number of azo groups is 1. The predicted molar refractivity (Wildman–Crippen MR) is 104 cm³/mol. The van der Waals surface area contributed by atoms with Crippen LogP contribution in [0.4, 0.5) is 11.4 Å². The molecule has 0 amide bonds. The number of hydrogen-bond acceptors (Lipinski definition) is 7. The summed E-state index contributed by atoms with van der Waals surface area (Å²) >= 11 is 5.98. The van der Waals surface area contributed by atoms with Gasteiger partial charge in [0.2, 0.25) is 0 Å². The van der Waals surface area contributed by atoms with Crippen LogP contribution in [-0.4, -0.2) is 69.5 Å². The molecule has 0 atom stereocenters. The van der Waals surface area contributed by atoms with Crippen molar-refractivity contribution in [2.24, 2.45) is 10.2 Å². The topological polar surface area (TPSA) is 142 Å². The molecular formula is C18H11ClN2O6SSr-2. The van der Waals surface area contributed by atoms with E-state index in [0.29, 0.717) is 10.9 Å². The van der Waals surface area contributed by atoms with Gasteiger partial charge in [-0.25, -0.2) is 13.2 Å². The normalized spacial score (nSPS) is 11.6. The van der Waals surface area contributed by atoms with Gasteiger partial charge in [0.25, 0.3) is 0 Å². The third-order valence-corrected chi connectivity index (χ3v) is 5.25. The number of rotatable bonds is 4. The molecule has 0 saturated carbocycles. The summed E-state index contributed by atoms with van der Waals surface area (Å²) in [6, 6.07) is 9.48. The molecule has 2 radical (unpaired) electrons. The number of aromatic carboxylic acids is 1. The first kappa shape index (κ1) is 23.7. The quantitative estimate of drug-likeness (QED) is 0.326. The number of halogens is 1. The minimum absolute atomic E-state index is 0. The fourth-order valence-electron chi connectivity index (χ4n) is 2.60. The molecule has 11 heteroatoms. The van der Waals surface area contributed by atoms with Crippen LogP contribution >= 0.6 is 11.6 Å². The summed E-state index contributed by atoms with van der Waals surface area (Å²) < 4.78 is 34.5. The molecule has 8 nitrogen and oxygen atoms in total. The van der Waals surface area contributed by atoms with E-state index in [9.17, 15) is 28.0 Å². The van der Waals surface area contributed by atoms with Crippen molar-refractivity contribution in [1.29, 1.82) is 0 Å². The summed E-state index contributed by atoms with van der Waals surface area (Å²) in [6.07, 6.45) is 0. The molecule has 3 aromatic carbocycles. The van der Waals surface area contributed by atoms with E-state index in [1.807, 2.05) is 0 Å². The third kappa shape index (κ3) is 4.97. The Bertz CT molecular complexity index is 1260. The summed E-state index contributed by atoms with van der Waals surface area (Å²) in [7, 11) is -4.85. The molecule has 1 N–H and O–H groups in total. The van der Waals surface area contributed by atoms with E-state index in [1.54, 1.807) is 18.2 Å². The Hall–Kier alpha value is -1.53. The van der Waals surface area contributed by atoms with E-state index < -0.39 is 32.3 Å². The van der Waals surface area contributed by atoms with E-state index in [2.05, 4.69) is 10.2 Å². The zero-order valence-corrected chi connectivity index (χ0v) is 20.0. The van der Waals surface area contributed by atoms with Crippen LogP contribution in [0.25, 0.3) is 10.8 Å². The molecule has 0 heterocycles.